The minimum Gasteiger partial charge on any atom is -0.496 e. The number of carbonyl (C=O) groups excluding carboxylic acids is 1. The van der Waals surface area contributed by atoms with Gasteiger partial charge in [-0.3, -0.25) is 4.79 Å². The highest BCUT2D eigenvalue weighted by molar-refractivity contribution is 9.10. The summed E-state index contributed by atoms with van der Waals surface area (Å²) in [5, 5.41) is 2.73. The van der Waals surface area contributed by atoms with Gasteiger partial charge in [0.1, 0.15) is 5.75 Å². The molecule has 1 heterocycles. The molecule has 2 N–H and O–H groups in total. The lowest BCUT2D eigenvalue weighted by molar-refractivity contribution is 0.102. The third-order valence-corrected chi connectivity index (χ3v) is 6.01. The molecule has 0 saturated carbocycles. The highest BCUT2D eigenvalue weighted by Gasteiger charge is 2.17. The summed E-state index contributed by atoms with van der Waals surface area (Å²) in [6.07, 6.45) is 0. The third kappa shape index (κ3) is 5.14. The molecule has 3 rings (SSSR count). The van der Waals surface area contributed by atoms with Crippen molar-refractivity contribution in [3.8, 4) is 5.75 Å². The van der Waals surface area contributed by atoms with E-state index in [2.05, 4.69) is 35.9 Å². The number of anilines is 2. The molecular weight excluding hydrogens is 472 g/mol. The lowest BCUT2D eigenvalue weighted by Crippen LogP contribution is -2.16. The summed E-state index contributed by atoms with van der Waals surface area (Å²) < 4.78 is 33.3. The molecule has 0 aliphatic carbocycles. The van der Waals surface area contributed by atoms with Crippen LogP contribution in [0.25, 0.3) is 0 Å². The Labute approximate surface area is 182 Å². The van der Waals surface area contributed by atoms with E-state index in [1.807, 2.05) is 0 Å². The predicted octanol–water partition coefficient (Wildman–Crippen LogP) is 3.92. The standard InChI is InChI=1S/C20H19BrN4O4S/c1-12-10-13(2)23-20(22-12)25-30(27,28)16-7-5-15(6-8-16)24-19(26)14-4-9-18(29-3)17(21)11-14/h4-11H,1-3H3,(H,24,26)(H,22,23,25). The van der Waals surface area contributed by atoms with E-state index >= 15 is 0 Å². The maximum atomic E-state index is 12.6. The predicted molar refractivity (Wildman–Crippen MR) is 117 cm³/mol. The Balaban J connectivity index is 1.73. The van der Waals surface area contributed by atoms with Crippen LogP contribution in [-0.2, 0) is 10.0 Å². The number of halogens is 1. The van der Waals surface area contributed by atoms with Crippen molar-refractivity contribution in [1.82, 2.24) is 9.97 Å². The highest BCUT2D eigenvalue weighted by atomic mass is 79.9. The van der Waals surface area contributed by atoms with Crippen molar-refractivity contribution in [2.75, 3.05) is 17.1 Å². The summed E-state index contributed by atoms with van der Waals surface area (Å²) in [5.41, 5.74) is 2.19. The van der Waals surface area contributed by atoms with Crippen LogP contribution >= 0.6 is 15.9 Å². The molecule has 0 aliphatic rings. The van der Waals surface area contributed by atoms with Crippen molar-refractivity contribution in [2.24, 2.45) is 0 Å². The molecule has 0 fully saturated rings. The van der Waals surface area contributed by atoms with E-state index in [9.17, 15) is 13.2 Å². The molecule has 0 unspecified atom stereocenters. The van der Waals surface area contributed by atoms with E-state index in [0.29, 0.717) is 32.9 Å². The number of amides is 1. The largest absolute Gasteiger partial charge is 0.496 e. The Kier molecular flexibility index (Phi) is 6.37. The highest BCUT2D eigenvalue weighted by Crippen LogP contribution is 2.26. The number of benzene rings is 2. The fraction of sp³-hybridized carbons (Fsp3) is 0.150. The second-order valence-electron chi connectivity index (χ2n) is 6.41. The monoisotopic (exact) mass is 490 g/mol. The van der Waals surface area contributed by atoms with Gasteiger partial charge in [0.2, 0.25) is 5.95 Å². The summed E-state index contributed by atoms with van der Waals surface area (Å²) >= 11 is 3.34. The number of nitrogens with zero attached hydrogens (tertiary/aromatic N) is 2. The number of sulfonamides is 1. The van der Waals surface area contributed by atoms with Crippen LogP contribution in [0.3, 0.4) is 0 Å². The average molecular weight is 491 g/mol. The van der Waals surface area contributed by atoms with Gasteiger partial charge in [-0.25, -0.2) is 23.1 Å². The van der Waals surface area contributed by atoms with E-state index < -0.39 is 10.0 Å². The smallest absolute Gasteiger partial charge is 0.264 e. The lowest BCUT2D eigenvalue weighted by Gasteiger charge is -2.10. The van der Waals surface area contributed by atoms with Crippen LogP contribution in [-0.4, -0.2) is 31.4 Å². The molecule has 156 valence electrons. The fourth-order valence-corrected chi connectivity index (χ4v) is 4.16. The van der Waals surface area contributed by atoms with Crippen LogP contribution in [0.5, 0.6) is 5.75 Å². The van der Waals surface area contributed by atoms with E-state index in [4.69, 9.17) is 4.74 Å². The Bertz CT molecular complexity index is 1180. The average Bonchev–Trinajstić information content (AvgIpc) is 2.67. The molecule has 0 bridgehead atoms. The van der Waals surface area contributed by atoms with Crippen molar-refractivity contribution >= 4 is 43.5 Å². The van der Waals surface area contributed by atoms with Gasteiger partial charge in [0.25, 0.3) is 15.9 Å². The Morgan fingerprint density at radius 3 is 2.20 bits per heavy atom. The van der Waals surface area contributed by atoms with Gasteiger partial charge < -0.3 is 10.1 Å². The van der Waals surface area contributed by atoms with Crippen molar-refractivity contribution in [3.05, 3.63) is 70.0 Å². The maximum Gasteiger partial charge on any atom is 0.264 e. The Hall–Kier alpha value is -2.98. The number of ether oxygens (including phenoxy) is 1. The van der Waals surface area contributed by atoms with Crippen molar-refractivity contribution < 1.29 is 17.9 Å². The zero-order valence-electron chi connectivity index (χ0n) is 16.4. The molecular formula is C20H19BrN4O4S. The zero-order chi connectivity index (χ0) is 21.9. The first kappa shape index (κ1) is 21.7. The van der Waals surface area contributed by atoms with Crippen molar-refractivity contribution in [1.29, 1.82) is 0 Å². The van der Waals surface area contributed by atoms with Gasteiger partial charge in [-0.2, -0.15) is 0 Å². The van der Waals surface area contributed by atoms with Gasteiger partial charge in [0.05, 0.1) is 16.5 Å². The molecule has 0 aliphatic heterocycles. The topological polar surface area (TPSA) is 110 Å². The summed E-state index contributed by atoms with van der Waals surface area (Å²) in [7, 11) is -2.33. The maximum absolute atomic E-state index is 12.6. The number of aromatic nitrogens is 2. The summed E-state index contributed by atoms with van der Waals surface area (Å²) in [5.74, 6) is 0.284. The number of hydrogen-bond donors (Lipinski definition) is 2. The van der Waals surface area contributed by atoms with Crippen LogP contribution in [0.15, 0.2) is 57.9 Å². The molecule has 0 atom stereocenters. The van der Waals surface area contributed by atoms with E-state index in [1.54, 1.807) is 38.1 Å². The third-order valence-electron chi connectivity index (χ3n) is 4.04. The number of hydrogen-bond acceptors (Lipinski definition) is 6. The zero-order valence-corrected chi connectivity index (χ0v) is 18.8. The van der Waals surface area contributed by atoms with Crippen LogP contribution < -0.4 is 14.8 Å². The first-order valence-corrected chi connectivity index (χ1v) is 11.1. The molecule has 1 aromatic heterocycles. The quantitative estimate of drug-likeness (QED) is 0.541. The van der Waals surface area contributed by atoms with Crippen LogP contribution in [0.4, 0.5) is 11.6 Å². The number of nitrogens with one attached hydrogen (secondary N) is 2. The van der Waals surface area contributed by atoms with Gasteiger partial charge >= 0.3 is 0 Å². The number of rotatable bonds is 6. The van der Waals surface area contributed by atoms with Gasteiger partial charge in [-0.1, -0.05) is 0 Å². The van der Waals surface area contributed by atoms with Gasteiger partial charge in [-0.05, 0) is 78.3 Å². The second kappa shape index (κ2) is 8.80. The summed E-state index contributed by atoms with van der Waals surface area (Å²) in [6, 6.07) is 12.5. The van der Waals surface area contributed by atoms with Crippen LogP contribution in [0.1, 0.15) is 21.7 Å². The molecule has 8 nitrogen and oxygen atoms in total. The Morgan fingerprint density at radius 1 is 1.00 bits per heavy atom. The molecule has 30 heavy (non-hydrogen) atoms. The minimum atomic E-state index is -3.87. The van der Waals surface area contributed by atoms with Crippen LogP contribution in [0.2, 0.25) is 0 Å². The minimum absolute atomic E-state index is 0.00922. The normalized spacial score (nSPS) is 11.1. The van der Waals surface area contributed by atoms with Crippen molar-refractivity contribution in [2.45, 2.75) is 18.7 Å². The SMILES string of the molecule is COc1ccc(C(=O)Nc2ccc(S(=O)(=O)Nc3nc(C)cc(C)n3)cc2)cc1Br. The van der Waals surface area contributed by atoms with Gasteiger partial charge in [-0.15, -0.1) is 0 Å². The van der Waals surface area contributed by atoms with E-state index in [1.165, 1.54) is 31.4 Å². The second-order valence-corrected chi connectivity index (χ2v) is 8.94. The molecule has 3 aromatic rings. The fourth-order valence-electron chi connectivity index (χ4n) is 2.68. The number of aryl methyl sites for hydroxylation is 2. The van der Waals surface area contributed by atoms with Gasteiger partial charge in [0.15, 0.2) is 0 Å². The molecule has 10 heteroatoms. The van der Waals surface area contributed by atoms with Crippen molar-refractivity contribution in [3.63, 3.8) is 0 Å². The molecule has 2 aromatic carbocycles. The van der Waals surface area contributed by atoms with E-state index in [0.717, 1.165) is 0 Å². The lowest BCUT2D eigenvalue weighted by atomic mass is 10.2. The number of carbonyl (C=O) groups is 1. The molecule has 1 amide bonds. The molecule has 0 spiro atoms. The molecule has 0 saturated heterocycles. The first-order valence-electron chi connectivity index (χ1n) is 8.78. The summed E-state index contributed by atoms with van der Waals surface area (Å²) in [4.78, 5) is 20.6. The first-order chi connectivity index (χ1) is 14.2. The van der Waals surface area contributed by atoms with Gasteiger partial charge in [0, 0.05) is 22.6 Å². The molecule has 0 radical (unpaired) electrons. The van der Waals surface area contributed by atoms with Crippen LogP contribution in [0, 0.1) is 13.8 Å². The van der Waals surface area contributed by atoms with E-state index in [-0.39, 0.29) is 16.8 Å². The summed E-state index contributed by atoms with van der Waals surface area (Å²) in [6.45, 7) is 3.51. The number of methoxy groups -OCH3 is 1. The Morgan fingerprint density at radius 2 is 1.63 bits per heavy atom.